The molecular formula is C15H27O3. The quantitative estimate of drug-likeness (QED) is 0.300. The fourth-order valence-electron chi connectivity index (χ4n) is 1.89. The zero-order chi connectivity index (χ0) is 13.6. The lowest BCUT2D eigenvalue weighted by atomic mass is 10.1. The molecular weight excluding hydrogens is 228 g/mol. The van der Waals surface area contributed by atoms with E-state index in [-0.39, 0.29) is 6.61 Å². The Morgan fingerprint density at radius 1 is 1.11 bits per heavy atom. The van der Waals surface area contributed by atoms with E-state index in [2.05, 4.69) is 13.5 Å². The first-order valence-corrected chi connectivity index (χ1v) is 7.15. The molecule has 0 aliphatic carbocycles. The lowest BCUT2D eigenvalue weighted by Crippen LogP contribution is -2.20. The number of hydrogen-bond donors (Lipinski definition) is 0. The van der Waals surface area contributed by atoms with Crippen molar-refractivity contribution in [3.05, 3.63) is 12.7 Å². The molecule has 0 aromatic carbocycles. The molecule has 1 unspecified atom stereocenters. The second-order valence-electron chi connectivity index (χ2n) is 4.69. The Hall–Kier alpha value is -0.830. The molecule has 0 saturated heterocycles. The van der Waals surface area contributed by atoms with Crippen molar-refractivity contribution in [1.82, 2.24) is 0 Å². The Labute approximate surface area is 111 Å². The summed E-state index contributed by atoms with van der Waals surface area (Å²) in [6, 6.07) is 0. The molecule has 3 nitrogen and oxygen atoms in total. The molecule has 0 bridgehead atoms. The van der Waals surface area contributed by atoms with Crippen LogP contribution in [0.1, 0.15) is 64.7 Å². The summed E-state index contributed by atoms with van der Waals surface area (Å²) in [4.78, 5) is 10.9. The standard InChI is InChI=1S/C15H27O3/c1-3-5-6-7-8-9-10-11-12-14(13-16)18-15(17)4-2/h4,14H,2-3,5-13H2,1H3. The number of carbonyl (C=O) groups is 1. The number of ether oxygens (including phenoxy) is 1. The smallest absolute Gasteiger partial charge is 0.330 e. The molecule has 0 aliphatic rings. The summed E-state index contributed by atoms with van der Waals surface area (Å²) in [6.45, 7) is 5.18. The van der Waals surface area contributed by atoms with Crippen LogP contribution in [-0.4, -0.2) is 18.7 Å². The topological polar surface area (TPSA) is 46.2 Å². The monoisotopic (exact) mass is 255 g/mol. The van der Waals surface area contributed by atoms with Gasteiger partial charge in [0.1, 0.15) is 12.7 Å². The third-order valence-electron chi connectivity index (χ3n) is 3.02. The highest BCUT2D eigenvalue weighted by atomic mass is 16.5. The predicted molar refractivity (Wildman–Crippen MR) is 72.9 cm³/mol. The molecule has 0 amide bonds. The van der Waals surface area contributed by atoms with Crippen molar-refractivity contribution in [2.75, 3.05) is 6.61 Å². The summed E-state index contributed by atoms with van der Waals surface area (Å²) >= 11 is 0. The number of esters is 1. The zero-order valence-corrected chi connectivity index (χ0v) is 11.7. The van der Waals surface area contributed by atoms with E-state index in [1.807, 2.05) is 0 Å². The molecule has 1 atom stereocenters. The fourth-order valence-corrected chi connectivity index (χ4v) is 1.89. The van der Waals surface area contributed by atoms with Gasteiger partial charge in [0.05, 0.1) is 0 Å². The molecule has 1 radical (unpaired) electrons. The fraction of sp³-hybridized carbons (Fsp3) is 0.800. The van der Waals surface area contributed by atoms with Crippen LogP contribution in [0.15, 0.2) is 12.7 Å². The van der Waals surface area contributed by atoms with Crippen LogP contribution in [0.2, 0.25) is 0 Å². The van der Waals surface area contributed by atoms with Gasteiger partial charge in [-0.25, -0.2) is 9.90 Å². The Morgan fingerprint density at radius 3 is 2.17 bits per heavy atom. The van der Waals surface area contributed by atoms with Crippen LogP contribution >= 0.6 is 0 Å². The molecule has 0 heterocycles. The molecule has 105 valence electrons. The molecule has 0 aromatic rings. The van der Waals surface area contributed by atoms with Gasteiger partial charge < -0.3 is 4.74 Å². The molecule has 0 saturated carbocycles. The first-order chi connectivity index (χ1) is 8.74. The van der Waals surface area contributed by atoms with Crippen LogP contribution in [0.25, 0.3) is 0 Å². The van der Waals surface area contributed by atoms with E-state index >= 15 is 0 Å². The summed E-state index contributed by atoms with van der Waals surface area (Å²) in [6.07, 6.45) is 11.1. The largest absolute Gasteiger partial charge is 0.457 e. The van der Waals surface area contributed by atoms with Crippen molar-refractivity contribution in [2.24, 2.45) is 0 Å². The van der Waals surface area contributed by atoms with Crippen LogP contribution in [0, 0.1) is 0 Å². The maximum atomic E-state index is 10.9. The van der Waals surface area contributed by atoms with Crippen molar-refractivity contribution >= 4 is 5.97 Å². The number of rotatable bonds is 12. The normalized spacial score (nSPS) is 12.1. The van der Waals surface area contributed by atoms with Gasteiger partial charge in [-0.2, -0.15) is 0 Å². The zero-order valence-electron chi connectivity index (χ0n) is 11.7. The number of carbonyl (C=O) groups excluding carboxylic acids is 1. The van der Waals surface area contributed by atoms with Gasteiger partial charge in [-0.05, 0) is 12.8 Å². The molecule has 18 heavy (non-hydrogen) atoms. The van der Waals surface area contributed by atoms with Gasteiger partial charge in [0, 0.05) is 6.08 Å². The van der Waals surface area contributed by atoms with Gasteiger partial charge in [-0.15, -0.1) is 0 Å². The minimum absolute atomic E-state index is 0.351. The summed E-state index contributed by atoms with van der Waals surface area (Å²) in [7, 11) is 0. The van der Waals surface area contributed by atoms with Crippen LogP contribution in [-0.2, 0) is 14.6 Å². The van der Waals surface area contributed by atoms with Gasteiger partial charge >= 0.3 is 5.97 Å². The van der Waals surface area contributed by atoms with Crippen LogP contribution < -0.4 is 0 Å². The van der Waals surface area contributed by atoms with E-state index in [1.165, 1.54) is 38.5 Å². The summed E-state index contributed by atoms with van der Waals surface area (Å²) < 4.78 is 4.94. The van der Waals surface area contributed by atoms with Gasteiger partial charge in [0.2, 0.25) is 0 Å². The number of hydrogen-bond acceptors (Lipinski definition) is 2. The van der Waals surface area contributed by atoms with Gasteiger partial charge in [-0.3, -0.25) is 0 Å². The molecule has 0 N–H and O–H groups in total. The molecule has 0 fully saturated rings. The van der Waals surface area contributed by atoms with Crippen molar-refractivity contribution < 1.29 is 14.6 Å². The third-order valence-corrected chi connectivity index (χ3v) is 3.02. The van der Waals surface area contributed by atoms with Gasteiger partial charge in [-0.1, -0.05) is 58.4 Å². The first-order valence-electron chi connectivity index (χ1n) is 7.15. The minimum atomic E-state index is -0.490. The average Bonchev–Trinajstić information content (AvgIpc) is 2.40. The Balaban J connectivity index is 3.39. The first kappa shape index (κ1) is 17.2. The highest BCUT2D eigenvalue weighted by molar-refractivity contribution is 5.81. The second kappa shape index (κ2) is 12.6. The van der Waals surface area contributed by atoms with Crippen molar-refractivity contribution in [1.29, 1.82) is 0 Å². The SMILES string of the molecule is C=CC(=O)OC(C[O])CCCCCCCCCC. The summed E-state index contributed by atoms with van der Waals surface area (Å²) in [5, 5.41) is 10.8. The molecule has 0 aliphatic heterocycles. The van der Waals surface area contributed by atoms with Crippen molar-refractivity contribution in [3.8, 4) is 0 Å². The Morgan fingerprint density at radius 2 is 1.67 bits per heavy atom. The van der Waals surface area contributed by atoms with Gasteiger partial charge in [0.15, 0.2) is 0 Å². The van der Waals surface area contributed by atoms with E-state index in [1.54, 1.807) is 0 Å². The van der Waals surface area contributed by atoms with E-state index in [9.17, 15) is 9.90 Å². The molecule has 0 aromatic heterocycles. The minimum Gasteiger partial charge on any atom is -0.457 e. The molecule has 3 heteroatoms. The van der Waals surface area contributed by atoms with Crippen molar-refractivity contribution in [2.45, 2.75) is 70.8 Å². The van der Waals surface area contributed by atoms with E-state index in [0.717, 1.165) is 18.9 Å². The highest BCUT2D eigenvalue weighted by Crippen LogP contribution is 2.12. The van der Waals surface area contributed by atoms with Crippen LogP contribution in [0.3, 0.4) is 0 Å². The maximum Gasteiger partial charge on any atom is 0.330 e. The highest BCUT2D eigenvalue weighted by Gasteiger charge is 2.11. The third kappa shape index (κ3) is 10.3. The predicted octanol–water partition coefficient (Wildman–Crippen LogP) is 4.05. The summed E-state index contributed by atoms with van der Waals surface area (Å²) in [5.41, 5.74) is 0. The maximum absolute atomic E-state index is 10.9. The van der Waals surface area contributed by atoms with E-state index < -0.39 is 12.1 Å². The Kier molecular flexibility index (Phi) is 12.0. The molecule has 0 spiro atoms. The van der Waals surface area contributed by atoms with Crippen LogP contribution in [0.4, 0.5) is 0 Å². The lowest BCUT2D eigenvalue weighted by Gasteiger charge is -2.13. The second-order valence-corrected chi connectivity index (χ2v) is 4.69. The van der Waals surface area contributed by atoms with Crippen molar-refractivity contribution in [3.63, 3.8) is 0 Å². The lowest BCUT2D eigenvalue weighted by molar-refractivity contribution is -0.146. The van der Waals surface area contributed by atoms with Gasteiger partial charge in [0.25, 0.3) is 0 Å². The average molecular weight is 255 g/mol. The number of unbranched alkanes of at least 4 members (excludes halogenated alkanes) is 7. The van der Waals surface area contributed by atoms with Crippen LogP contribution in [0.5, 0.6) is 0 Å². The van der Waals surface area contributed by atoms with E-state index in [4.69, 9.17) is 4.74 Å². The summed E-state index contributed by atoms with van der Waals surface area (Å²) in [5.74, 6) is -0.490. The Bertz CT molecular complexity index is 214. The van der Waals surface area contributed by atoms with E-state index in [0.29, 0.717) is 6.42 Å². The molecule has 0 rings (SSSR count).